The lowest BCUT2D eigenvalue weighted by molar-refractivity contribution is -0.140. The Labute approximate surface area is 165 Å². The molecule has 1 aromatic heterocycles. The third-order valence-corrected chi connectivity index (χ3v) is 5.54. The van der Waals surface area contributed by atoms with Crippen molar-refractivity contribution in [2.24, 2.45) is 0 Å². The first kappa shape index (κ1) is 20.1. The molecule has 150 valence electrons. The smallest absolute Gasteiger partial charge is 0.340 e. The molecule has 1 aromatic carbocycles. The highest BCUT2D eigenvalue weighted by Crippen LogP contribution is 2.24. The van der Waals surface area contributed by atoms with E-state index in [0.717, 1.165) is 30.6 Å². The first-order chi connectivity index (χ1) is 13.3. The quantitative estimate of drug-likeness (QED) is 0.741. The molecule has 2 heterocycles. The van der Waals surface area contributed by atoms with Gasteiger partial charge in [0.1, 0.15) is 5.82 Å². The average Bonchev–Trinajstić information content (AvgIpc) is 2.95. The summed E-state index contributed by atoms with van der Waals surface area (Å²) in [5.74, 6) is -0.988. The van der Waals surface area contributed by atoms with E-state index in [1.807, 2.05) is 37.2 Å². The van der Waals surface area contributed by atoms with Gasteiger partial charge in [-0.1, -0.05) is 0 Å². The maximum absolute atomic E-state index is 13.2. The standard InChI is InChI=1S/C22H27FN2O3/c1-14-6-5-7-15(2)24(14)21(26)13-28-22(27)20-12-16(3)25(17(20)4)19-10-8-18(23)9-11-19/h8-12,14-15H,5-7,13H2,1-4H3. The van der Waals surface area contributed by atoms with Crippen LogP contribution in [0.25, 0.3) is 5.69 Å². The van der Waals surface area contributed by atoms with Crippen molar-refractivity contribution in [3.05, 3.63) is 53.1 Å². The Kier molecular flexibility index (Phi) is 5.87. The van der Waals surface area contributed by atoms with Gasteiger partial charge in [0.15, 0.2) is 6.61 Å². The Morgan fingerprint density at radius 3 is 2.32 bits per heavy atom. The van der Waals surface area contributed by atoms with Crippen molar-refractivity contribution in [2.45, 2.75) is 59.0 Å². The van der Waals surface area contributed by atoms with Crippen LogP contribution in [0.3, 0.4) is 0 Å². The molecule has 0 N–H and O–H groups in total. The van der Waals surface area contributed by atoms with E-state index in [0.29, 0.717) is 11.3 Å². The number of hydrogen-bond donors (Lipinski definition) is 0. The number of piperidine rings is 1. The van der Waals surface area contributed by atoms with Crippen molar-refractivity contribution in [3.8, 4) is 5.69 Å². The molecule has 0 spiro atoms. The number of likely N-dealkylation sites (tertiary alicyclic amines) is 1. The van der Waals surface area contributed by atoms with E-state index < -0.39 is 5.97 Å². The third kappa shape index (κ3) is 3.96. The van der Waals surface area contributed by atoms with Gasteiger partial charge in [-0.15, -0.1) is 0 Å². The lowest BCUT2D eigenvalue weighted by atomic mass is 9.97. The summed E-state index contributed by atoms with van der Waals surface area (Å²) in [4.78, 5) is 27.0. The monoisotopic (exact) mass is 386 g/mol. The number of aryl methyl sites for hydroxylation is 1. The van der Waals surface area contributed by atoms with Crippen LogP contribution < -0.4 is 0 Å². The lowest BCUT2D eigenvalue weighted by Crippen LogP contribution is -2.49. The van der Waals surface area contributed by atoms with E-state index in [1.165, 1.54) is 12.1 Å². The fourth-order valence-electron chi connectivity index (χ4n) is 4.15. The van der Waals surface area contributed by atoms with E-state index in [1.54, 1.807) is 18.2 Å². The van der Waals surface area contributed by atoms with Gasteiger partial charge in [0.25, 0.3) is 5.91 Å². The zero-order valence-corrected chi connectivity index (χ0v) is 16.9. The number of carbonyl (C=O) groups is 2. The van der Waals surface area contributed by atoms with Crippen molar-refractivity contribution < 1.29 is 18.7 Å². The molecular formula is C22H27FN2O3. The highest BCUT2D eigenvalue weighted by molar-refractivity contribution is 5.93. The number of ether oxygens (including phenoxy) is 1. The van der Waals surface area contributed by atoms with Crippen LogP contribution in [0, 0.1) is 19.7 Å². The van der Waals surface area contributed by atoms with Gasteiger partial charge in [-0.25, -0.2) is 9.18 Å². The van der Waals surface area contributed by atoms with Gasteiger partial charge < -0.3 is 14.2 Å². The summed E-state index contributed by atoms with van der Waals surface area (Å²) in [5, 5.41) is 0. The van der Waals surface area contributed by atoms with Crippen LogP contribution >= 0.6 is 0 Å². The fraction of sp³-hybridized carbons (Fsp3) is 0.455. The Morgan fingerprint density at radius 2 is 1.71 bits per heavy atom. The van der Waals surface area contributed by atoms with Gasteiger partial charge in [0, 0.05) is 29.2 Å². The summed E-state index contributed by atoms with van der Waals surface area (Å²) in [6.45, 7) is 7.49. The van der Waals surface area contributed by atoms with E-state index in [-0.39, 0.29) is 30.4 Å². The molecule has 2 aromatic rings. The SMILES string of the molecule is Cc1cc(C(=O)OCC(=O)N2C(C)CCCC2C)c(C)n1-c1ccc(F)cc1. The van der Waals surface area contributed by atoms with E-state index in [4.69, 9.17) is 4.74 Å². The van der Waals surface area contributed by atoms with Crippen molar-refractivity contribution in [3.63, 3.8) is 0 Å². The van der Waals surface area contributed by atoms with Crippen molar-refractivity contribution in [1.82, 2.24) is 9.47 Å². The topological polar surface area (TPSA) is 51.5 Å². The van der Waals surface area contributed by atoms with E-state index >= 15 is 0 Å². The van der Waals surface area contributed by atoms with Crippen LogP contribution in [0.1, 0.15) is 54.9 Å². The number of rotatable bonds is 4. The average molecular weight is 386 g/mol. The van der Waals surface area contributed by atoms with E-state index in [2.05, 4.69) is 0 Å². The molecule has 1 aliphatic rings. The van der Waals surface area contributed by atoms with Gasteiger partial charge in [0.05, 0.1) is 5.56 Å². The molecule has 5 nitrogen and oxygen atoms in total. The number of nitrogens with zero attached hydrogens (tertiary/aromatic N) is 2. The van der Waals surface area contributed by atoms with Crippen molar-refractivity contribution in [2.75, 3.05) is 6.61 Å². The van der Waals surface area contributed by atoms with Crippen LogP contribution in [0.15, 0.2) is 30.3 Å². The molecule has 1 amide bonds. The molecule has 1 aliphatic heterocycles. The number of hydrogen-bond acceptors (Lipinski definition) is 3. The number of benzene rings is 1. The van der Waals surface area contributed by atoms with Gasteiger partial charge in [0.2, 0.25) is 0 Å². The zero-order chi connectivity index (χ0) is 20.4. The van der Waals surface area contributed by atoms with E-state index in [9.17, 15) is 14.0 Å². The minimum Gasteiger partial charge on any atom is -0.452 e. The maximum Gasteiger partial charge on any atom is 0.340 e. The number of esters is 1. The highest BCUT2D eigenvalue weighted by Gasteiger charge is 2.29. The predicted octanol–water partition coefficient (Wildman–Crippen LogP) is 4.18. The van der Waals surface area contributed by atoms with Crippen molar-refractivity contribution >= 4 is 11.9 Å². The first-order valence-electron chi connectivity index (χ1n) is 9.72. The molecule has 0 radical (unpaired) electrons. The maximum atomic E-state index is 13.2. The van der Waals surface area contributed by atoms with Gasteiger partial charge in [-0.3, -0.25) is 4.79 Å². The molecule has 0 bridgehead atoms. The molecule has 0 saturated carbocycles. The summed E-state index contributed by atoms with van der Waals surface area (Å²) in [5.41, 5.74) is 2.71. The Hall–Kier alpha value is -2.63. The highest BCUT2D eigenvalue weighted by atomic mass is 19.1. The summed E-state index contributed by atoms with van der Waals surface area (Å²) >= 11 is 0. The molecule has 28 heavy (non-hydrogen) atoms. The molecule has 6 heteroatoms. The molecule has 1 saturated heterocycles. The van der Waals surface area contributed by atoms with Crippen LogP contribution in [0.4, 0.5) is 4.39 Å². The summed E-state index contributed by atoms with van der Waals surface area (Å²) in [6, 6.07) is 8.15. The predicted molar refractivity (Wildman–Crippen MR) is 105 cm³/mol. The van der Waals surface area contributed by atoms with Crippen molar-refractivity contribution in [1.29, 1.82) is 0 Å². The summed E-state index contributed by atoms with van der Waals surface area (Å²) < 4.78 is 20.4. The number of amides is 1. The second-order valence-corrected chi connectivity index (χ2v) is 7.60. The number of halogens is 1. The summed E-state index contributed by atoms with van der Waals surface area (Å²) in [6.07, 6.45) is 3.06. The molecule has 2 unspecified atom stereocenters. The molecule has 1 fully saturated rings. The second-order valence-electron chi connectivity index (χ2n) is 7.60. The minimum atomic E-state index is -0.521. The summed E-state index contributed by atoms with van der Waals surface area (Å²) in [7, 11) is 0. The lowest BCUT2D eigenvalue weighted by Gasteiger charge is -2.38. The molecule has 2 atom stereocenters. The second kappa shape index (κ2) is 8.17. The Morgan fingerprint density at radius 1 is 1.11 bits per heavy atom. The van der Waals surface area contributed by atoms with Crippen LogP contribution in [0.5, 0.6) is 0 Å². The Bertz CT molecular complexity index is 863. The first-order valence-corrected chi connectivity index (χ1v) is 9.72. The normalized spacial score (nSPS) is 19.5. The molecular weight excluding hydrogens is 359 g/mol. The van der Waals surface area contributed by atoms with Gasteiger partial charge in [-0.2, -0.15) is 0 Å². The number of carbonyl (C=O) groups excluding carboxylic acids is 2. The Balaban J connectivity index is 1.72. The largest absolute Gasteiger partial charge is 0.452 e. The fourth-order valence-corrected chi connectivity index (χ4v) is 4.15. The zero-order valence-electron chi connectivity index (χ0n) is 16.9. The van der Waals surface area contributed by atoms with Gasteiger partial charge in [-0.05, 0) is 77.3 Å². The minimum absolute atomic E-state index is 0.152. The van der Waals surface area contributed by atoms with Gasteiger partial charge >= 0.3 is 5.97 Å². The molecule has 0 aliphatic carbocycles. The van der Waals surface area contributed by atoms with Crippen LogP contribution in [-0.4, -0.2) is 40.0 Å². The van der Waals surface area contributed by atoms with Crippen LogP contribution in [0.2, 0.25) is 0 Å². The van der Waals surface area contributed by atoms with Crippen LogP contribution in [-0.2, 0) is 9.53 Å². The number of aromatic nitrogens is 1. The third-order valence-electron chi connectivity index (χ3n) is 5.54. The molecule has 3 rings (SSSR count).